The summed E-state index contributed by atoms with van der Waals surface area (Å²) < 4.78 is 0. The molecule has 0 rings (SSSR count). The van der Waals surface area contributed by atoms with E-state index in [9.17, 15) is 4.79 Å². The number of thioether (sulfide) groups is 1. The van der Waals surface area contributed by atoms with E-state index in [1.165, 1.54) is 0 Å². The summed E-state index contributed by atoms with van der Waals surface area (Å²) >= 11 is 1.56. The van der Waals surface area contributed by atoms with Crippen LogP contribution in [-0.2, 0) is 4.79 Å². The monoisotopic (exact) mass is 149 g/mol. The average molecular weight is 149 g/mol. The fourth-order valence-electron chi connectivity index (χ4n) is 0.497. The van der Waals surface area contributed by atoms with E-state index in [0.29, 0.717) is 5.75 Å². The van der Waals surface area contributed by atoms with Crippen molar-refractivity contribution in [2.75, 3.05) is 12.0 Å². The van der Waals surface area contributed by atoms with Crippen LogP contribution in [0.25, 0.3) is 0 Å². The van der Waals surface area contributed by atoms with Gasteiger partial charge >= 0.3 is 5.97 Å². The summed E-state index contributed by atoms with van der Waals surface area (Å²) in [5.74, 6) is -0.108. The summed E-state index contributed by atoms with van der Waals surface area (Å²) in [6.07, 6.45) is 1.97. The zero-order valence-electron chi connectivity index (χ0n) is 5.33. The van der Waals surface area contributed by atoms with Crippen LogP contribution >= 0.6 is 11.8 Å². The second-order valence-electron chi connectivity index (χ2n) is 1.81. The first-order valence-corrected chi connectivity index (χ1v) is 4.02. The number of rotatable bonds is 4. The van der Waals surface area contributed by atoms with Crippen LogP contribution in [0, 0.1) is 0 Å². The molecule has 0 heterocycles. The average Bonchev–Trinajstić information content (AvgIpc) is 1.63. The van der Waals surface area contributed by atoms with Crippen molar-refractivity contribution in [3.05, 3.63) is 0 Å². The Kier molecular flexibility index (Phi) is 4.53. The van der Waals surface area contributed by atoms with Gasteiger partial charge in [-0.15, -0.1) is 0 Å². The normalized spacial score (nSPS) is 13.1. The van der Waals surface area contributed by atoms with Crippen molar-refractivity contribution in [3.63, 3.8) is 0 Å². The van der Waals surface area contributed by atoms with Gasteiger partial charge in [0, 0.05) is 11.8 Å². The molecule has 0 aliphatic rings. The number of carbonyl (C=O) groups is 1. The maximum Gasteiger partial charge on any atom is 0.304 e. The maximum atomic E-state index is 10.00. The van der Waals surface area contributed by atoms with E-state index < -0.39 is 5.97 Å². The number of carboxylic acid groups (broad SMARTS) is 1. The van der Waals surface area contributed by atoms with Gasteiger partial charge in [-0.05, 0) is 6.26 Å². The van der Waals surface area contributed by atoms with E-state index >= 15 is 0 Å². The standard InChI is InChI=1S/C5H11NO2S/c1-9-3-4(6)2-5(7)8/h4H,2-3,6H2,1H3,(H,7,8)/t4-/m0/s1. The Balaban J connectivity index is 3.26. The largest absolute Gasteiger partial charge is 0.481 e. The van der Waals surface area contributed by atoms with Crippen LogP contribution in [0.4, 0.5) is 0 Å². The molecule has 0 unspecified atom stereocenters. The minimum Gasteiger partial charge on any atom is -0.481 e. The molecule has 0 aromatic rings. The number of hydrogen-bond donors (Lipinski definition) is 2. The van der Waals surface area contributed by atoms with Gasteiger partial charge in [-0.3, -0.25) is 4.79 Å². The van der Waals surface area contributed by atoms with Crippen LogP contribution < -0.4 is 5.73 Å². The smallest absolute Gasteiger partial charge is 0.304 e. The third-order valence-electron chi connectivity index (χ3n) is 0.818. The van der Waals surface area contributed by atoms with Gasteiger partial charge in [-0.25, -0.2) is 0 Å². The summed E-state index contributed by atoms with van der Waals surface area (Å²) in [6.45, 7) is 0. The quantitative estimate of drug-likeness (QED) is 0.597. The van der Waals surface area contributed by atoms with Gasteiger partial charge in [0.05, 0.1) is 6.42 Å². The molecule has 3 N–H and O–H groups in total. The molecule has 0 radical (unpaired) electrons. The Morgan fingerprint density at radius 2 is 2.44 bits per heavy atom. The molecule has 4 heteroatoms. The molecule has 0 saturated carbocycles. The topological polar surface area (TPSA) is 63.3 Å². The highest BCUT2D eigenvalue weighted by atomic mass is 32.2. The third kappa shape index (κ3) is 5.65. The van der Waals surface area contributed by atoms with Crippen molar-refractivity contribution in [2.45, 2.75) is 12.5 Å². The zero-order chi connectivity index (χ0) is 7.28. The lowest BCUT2D eigenvalue weighted by atomic mass is 10.2. The Bertz CT molecular complexity index is 97.0. The number of nitrogens with two attached hydrogens (primary N) is 1. The van der Waals surface area contributed by atoms with Gasteiger partial charge in [0.2, 0.25) is 0 Å². The highest BCUT2D eigenvalue weighted by Gasteiger charge is 2.05. The number of aliphatic carboxylic acids is 1. The van der Waals surface area contributed by atoms with Gasteiger partial charge in [-0.2, -0.15) is 11.8 Å². The van der Waals surface area contributed by atoms with Crippen molar-refractivity contribution in [1.29, 1.82) is 0 Å². The van der Waals surface area contributed by atoms with Crippen LogP contribution in [-0.4, -0.2) is 29.1 Å². The molecule has 3 nitrogen and oxygen atoms in total. The first kappa shape index (κ1) is 8.78. The van der Waals surface area contributed by atoms with E-state index in [4.69, 9.17) is 10.8 Å². The SMILES string of the molecule is CSC[C@@H](N)CC(=O)O. The van der Waals surface area contributed by atoms with E-state index in [1.54, 1.807) is 11.8 Å². The van der Waals surface area contributed by atoms with Crippen molar-refractivity contribution in [3.8, 4) is 0 Å². The first-order valence-electron chi connectivity index (χ1n) is 2.63. The Morgan fingerprint density at radius 1 is 1.89 bits per heavy atom. The van der Waals surface area contributed by atoms with E-state index in [1.807, 2.05) is 6.26 Å². The Hall–Kier alpha value is -0.220. The first-order chi connectivity index (χ1) is 4.16. The molecule has 0 fully saturated rings. The number of carboxylic acids is 1. The molecule has 0 bridgehead atoms. The van der Waals surface area contributed by atoms with Crippen LogP contribution in [0.1, 0.15) is 6.42 Å². The Morgan fingerprint density at radius 3 is 2.78 bits per heavy atom. The van der Waals surface area contributed by atoms with Crippen molar-refractivity contribution in [1.82, 2.24) is 0 Å². The van der Waals surface area contributed by atoms with Gasteiger partial charge < -0.3 is 10.8 Å². The van der Waals surface area contributed by atoms with Gasteiger partial charge in [0.1, 0.15) is 0 Å². The lowest BCUT2D eigenvalue weighted by Gasteiger charge is -2.04. The fourth-order valence-corrected chi connectivity index (χ4v) is 1.04. The van der Waals surface area contributed by atoms with Crippen molar-refractivity contribution >= 4 is 17.7 Å². The van der Waals surface area contributed by atoms with Gasteiger partial charge in [0.25, 0.3) is 0 Å². The second kappa shape index (κ2) is 4.64. The van der Waals surface area contributed by atoms with Crippen LogP contribution in [0.2, 0.25) is 0 Å². The molecule has 0 aromatic heterocycles. The summed E-state index contributed by atoms with van der Waals surface area (Å²) in [7, 11) is 0. The molecule has 0 aromatic carbocycles. The minimum absolute atomic E-state index is 0.0703. The molecule has 0 saturated heterocycles. The molecule has 9 heavy (non-hydrogen) atoms. The van der Waals surface area contributed by atoms with Gasteiger partial charge in [0.15, 0.2) is 0 Å². The molecule has 1 atom stereocenters. The summed E-state index contributed by atoms with van der Waals surface area (Å²) in [5.41, 5.74) is 5.38. The summed E-state index contributed by atoms with van der Waals surface area (Å²) in [4.78, 5) is 10.00. The van der Waals surface area contributed by atoms with E-state index in [0.717, 1.165) is 0 Å². The molecular weight excluding hydrogens is 138 g/mol. The van der Waals surface area contributed by atoms with E-state index in [2.05, 4.69) is 0 Å². The third-order valence-corrected chi connectivity index (χ3v) is 1.58. The van der Waals surface area contributed by atoms with Crippen LogP contribution in [0.15, 0.2) is 0 Å². The molecule has 0 aliphatic heterocycles. The molecule has 0 spiro atoms. The lowest BCUT2D eigenvalue weighted by molar-refractivity contribution is -0.137. The van der Waals surface area contributed by atoms with Gasteiger partial charge in [-0.1, -0.05) is 0 Å². The van der Waals surface area contributed by atoms with Crippen molar-refractivity contribution < 1.29 is 9.90 Å². The predicted octanol–water partition coefficient (Wildman–Crippen LogP) is 0.151. The minimum atomic E-state index is -0.823. The van der Waals surface area contributed by atoms with Crippen LogP contribution in [0.3, 0.4) is 0 Å². The molecule has 0 aliphatic carbocycles. The Labute approximate surface area is 58.6 Å². The molecular formula is C5H11NO2S. The highest BCUT2D eigenvalue weighted by Crippen LogP contribution is 1.97. The predicted molar refractivity (Wildman–Crippen MR) is 38.6 cm³/mol. The zero-order valence-corrected chi connectivity index (χ0v) is 6.15. The van der Waals surface area contributed by atoms with Crippen LogP contribution in [0.5, 0.6) is 0 Å². The van der Waals surface area contributed by atoms with Crippen molar-refractivity contribution in [2.24, 2.45) is 5.73 Å². The number of hydrogen-bond acceptors (Lipinski definition) is 3. The molecule has 0 amide bonds. The summed E-state index contributed by atoms with van der Waals surface area (Å²) in [6, 6.07) is -0.197. The second-order valence-corrected chi connectivity index (χ2v) is 2.72. The fraction of sp³-hybridized carbons (Fsp3) is 0.800. The lowest BCUT2D eigenvalue weighted by Crippen LogP contribution is -2.25. The maximum absolute atomic E-state index is 10.00. The highest BCUT2D eigenvalue weighted by molar-refractivity contribution is 7.98. The molecule has 54 valence electrons. The summed E-state index contributed by atoms with van der Waals surface area (Å²) in [5, 5.41) is 8.22. The van der Waals surface area contributed by atoms with E-state index in [-0.39, 0.29) is 12.5 Å².